The molecule has 1 aliphatic rings. The van der Waals surface area contributed by atoms with Crippen molar-refractivity contribution in [1.29, 1.82) is 0 Å². The van der Waals surface area contributed by atoms with Crippen molar-refractivity contribution in [3.63, 3.8) is 0 Å². The molecule has 1 heterocycles. The van der Waals surface area contributed by atoms with E-state index in [4.69, 9.17) is 9.47 Å². The lowest BCUT2D eigenvalue weighted by Gasteiger charge is -2.26. The summed E-state index contributed by atoms with van der Waals surface area (Å²) in [6.07, 6.45) is 2.88. The molecule has 1 fully saturated rings. The van der Waals surface area contributed by atoms with Crippen molar-refractivity contribution < 1.29 is 28.8 Å². The van der Waals surface area contributed by atoms with Gasteiger partial charge < -0.3 is 9.47 Å². The minimum atomic E-state index is -0.952. The fraction of sp³-hybridized carbons (Fsp3) is 0.0952. The lowest BCUT2D eigenvalue weighted by Crippen LogP contribution is -2.54. The Morgan fingerprint density at radius 3 is 2.45 bits per heavy atom. The molecule has 10 nitrogen and oxygen atoms in total. The molecule has 0 aliphatic carbocycles. The number of urea groups is 1. The van der Waals surface area contributed by atoms with Crippen molar-refractivity contribution in [2.45, 2.75) is 0 Å². The van der Waals surface area contributed by atoms with Crippen LogP contribution in [0.15, 0.2) is 60.7 Å². The Morgan fingerprint density at radius 1 is 1.13 bits per heavy atom. The van der Waals surface area contributed by atoms with Gasteiger partial charge in [-0.2, -0.15) is 0 Å². The molecule has 0 atom stereocenters. The van der Waals surface area contributed by atoms with Crippen molar-refractivity contribution in [1.82, 2.24) is 5.32 Å². The Balaban J connectivity index is 1.95. The highest BCUT2D eigenvalue weighted by Gasteiger charge is 2.37. The van der Waals surface area contributed by atoms with E-state index in [1.165, 1.54) is 25.3 Å². The molecule has 1 aliphatic heterocycles. The summed E-state index contributed by atoms with van der Waals surface area (Å²) >= 11 is 0. The molecule has 0 unspecified atom stereocenters. The molecule has 3 rings (SSSR count). The smallest absolute Gasteiger partial charge is 0.335 e. The second-order valence-electron chi connectivity index (χ2n) is 6.24. The zero-order valence-electron chi connectivity index (χ0n) is 16.4. The number of carbonyl (C=O) groups is 3. The van der Waals surface area contributed by atoms with Crippen LogP contribution in [0.2, 0.25) is 0 Å². The van der Waals surface area contributed by atoms with Gasteiger partial charge in [0.05, 0.1) is 17.7 Å². The van der Waals surface area contributed by atoms with Crippen LogP contribution < -0.4 is 19.7 Å². The first-order chi connectivity index (χ1) is 14.8. The summed E-state index contributed by atoms with van der Waals surface area (Å²) in [5, 5.41) is 12.9. The van der Waals surface area contributed by atoms with Crippen LogP contribution in [0.25, 0.3) is 6.08 Å². The number of rotatable bonds is 7. The van der Waals surface area contributed by atoms with Crippen molar-refractivity contribution in [2.24, 2.45) is 0 Å². The number of hydrogen-bond acceptors (Lipinski definition) is 7. The molecule has 1 N–H and O–H groups in total. The number of carbonyl (C=O) groups excluding carboxylic acids is 3. The third kappa shape index (κ3) is 4.42. The molecule has 2 aromatic carbocycles. The van der Waals surface area contributed by atoms with E-state index < -0.39 is 22.8 Å². The molecule has 0 spiro atoms. The topological polar surface area (TPSA) is 128 Å². The quantitative estimate of drug-likeness (QED) is 0.238. The molecule has 2 aromatic rings. The number of barbiturate groups is 1. The lowest BCUT2D eigenvalue weighted by atomic mass is 10.1. The van der Waals surface area contributed by atoms with Crippen LogP contribution >= 0.6 is 0 Å². The van der Waals surface area contributed by atoms with Gasteiger partial charge >= 0.3 is 6.03 Å². The van der Waals surface area contributed by atoms with Crippen LogP contribution in [0.1, 0.15) is 5.56 Å². The maximum absolute atomic E-state index is 12.9. The number of ether oxygens (including phenoxy) is 2. The molecule has 0 bridgehead atoms. The summed E-state index contributed by atoms with van der Waals surface area (Å²) in [7, 11) is 1.44. The predicted molar refractivity (Wildman–Crippen MR) is 111 cm³/mol. The first kappa shape index (κ1) is 21.2. The van der Waals surface area contributed by atoms with E-state index >= 15 is 0 Å². The number of nitrogens with zero attached hydrogens (tertiary/aromatic N) is 2. The molecule has 0 aromatic heterocycles. The van der Waals surface area contributed by atoms with E-state index in [0.29, 0.717) is 17.1 Å². The third-order valence-corrected chi connectivity index (χ3v) is 4.28. The number of imide groups is 2. The first-order valence-corrected chi connectivity index (χ1v) is 8.93. The fourth-order valence-electron chi connectivity index (χ4n) is 2.82. The van der Waals surface area contributed by atoms with Gasteiger partial charge in [-0.15, -0.1) is 0 Å². The van der Waals surface area contributed by atoms with Crippen molar-refractivity contribution in [3.05, 3.63) is 76.4 Å². The van der Waals surface area contributed by atoms with E-state index in [2.05, 4.69) is 11.9 Å². The zero-order chi connectivity index (χ0) is 22.5. The number of amides is 4. The van der Waals surface area contributed by atoms with Crippen LogP contribution in [-0.4, -0.2) is 36.5 Å². The highest BCUT2D eigenvalue weighted by Crippen LogP contribution is 2.30. The number of non-ortho nitro benzene ring substituents is 1. The van der Waals surface area contributed by atoms with Crippen LogP contribution in [0, 0.1) is 10.1 Å². The highest BCUT2D eigenvalue weighted by molar-refractivity contribution is 6.39. The second kappa shape index (κ2) is 8.91. The van der Waals surface area contributed by atoms with Gasteiger partial charge in [-0.1, -0.05) is 18.7 Å². The molecular formula is C21H17N3O7. The number of nitro benzene ring substituents is 1. The Labute approximate surface area is 176 Å². The molecule has 0 radical (unpaired) electrons. The summed E-state index contributed by atoms with van der Waals surface area (Å²) in [5.74, 6) is -0.900. The molecule has 31 heavy (non-hydrogen) atoms. The van der Waals surface area contributed by atoms with Crippen LogP contribution in [0.5, 0.6) is 11.5 Å². The molecule has 10 heteroatoms. The Bertz CT molecular complexity index is 1110. The predicted octanol–water partition coefficient (Wildman–Crippen LogP) is 2.83. The van der Waals surface area contributed by atoms with Gasteiger partial charge in [0.1, 0.15) is 12.2 Å². The summed E-state index contributed by atoms with van der Waals surface area (Å²) < 4.78 is 10.7. The summed E-state index contributed by atoms with van der Waals surface area (Å²) in [6.45, 7) is 3.84. The van der Waals surface area contributed by atoms with Gasteiger partial charge in [-0.25, -0.2) is 9.69 Å². The number of benzene rings is 2. The summed E-state index contributed by atoms with van der Waals surface area (Å²) in [6, 6.07) is 8.64. The standard InChI is InChI=1S/C21H17N3O7/c1-3-10-31-17-9-4-13(12-18(17)30-2)11-16-19(25)22-21(27)23(20(16)26)14-5-7-15(8-6-14)24(28)29/h3-9,11-12H,1,10H2,2H3,(H,22,25,27)/b16-11+. The fourth-order valence-corrected chi connectivity index (χ4v) is 2.82. The SMILES string of the molecule is C=CCOc1ccc(/C=C2\C(=O)NC(=O)N(c3ccc([N+](=O)[O-])cc3)C2=O)cc1OC. The minimum Gasteiger partial charge on any atom is -0.493 e. The number of nitrogens with one attached hydrogen (secondary N) is 1. The minimum absolute atomic E-state index is 0.0808. The highest BCUT2D eigenvalue weighted by atomic mass is 16.6. The van der Waals surface area contributed by atoms with Crippen LogP contribution in [-0.2, 0) is 9.59 Å². The second-order valence-corrected chi connectivity index (χ2v) is 6.24. The monoisotopic (exact) mass is 423 g/mol. The molecular weight excluding hydrogens is 406 g/mol. The average molecular weight is 423 g/mol. The number of methoxy groups -OCH3 is 1. The van der Waals surface area contributed by atoms with Gasteiger partial charge in [-0.3, -0.25) is 25.0 Å². The number of hydrogen-bond donors (Lipinski definition) is 1. The van der Waals surface area contributed by atoms with Crippen LogP contribution in [0.3, 0.4) is 0 Å². The average Bonchev–Trinajstić information content (AvgIpc) is 2.75. The van der Waals surface area contributed by atoms with Gasteiger partial charge in [0, 0.05) is 12.1 Å². The van der Waals surface area contributed by atoms with E-state index in [1.54, 1.807) is 24.3 Å². The molecule has 1 saturated heterocycles. The van der Waals surface area contributed by atoms with Gasteiger partial charge in [0.2, 0.25) is 0 Å². The Kier molecular flexibility index (Phi) is 6.10. The maximum Gasteiger partial charge on any atom is 0.335 e. The number of nitro groups is 1. The summed E-state index contributed by atoms with van der Waals surface area (Å²) in [5.41, 5.74) is 0.0441. The molecule has 0 saturated carbocycles. The van der Waals surface area contributed by atoms with Gasteiger partial charge in [0.25, 0.3) is 17.5 Å². The lowest BCUT2D eigenvalue weighted by molar-refractivity contribution is -0.384. The molecule has 4 amide bonds. The summed E-state index contributed by atoms with van der Waals surface area (Å²) in [4.78, 5) is 48.4. The van der Waals surface area contributed by atoms with E-state index in [1.807, 2.05) is 0 Å². The van der Waals surface area contributed by atoms with Gasteiger partial charge in [-0.05, 0) is 35.9 Å². The Morgan fingerprint density at radius 2 is 1.84 bits per heavy atom. The molecule has 158 valence electrons. The Hall–Kier alpha value is -4.47. The normalized spacial score (nSPS) is 14.9. The zero-order valence-corrected chi connectivity index (χ0v) is 16.4. The van der Waals surface area contributed by atoms with Crippen LogP contribution in [0.4, 0.5) is 16.2 Å². The maximum atomic E-state index is 12.9. The van der Waals surface area contributed by atoms with Crippen molar-refractivity contribution in [2.75, 3.05) is 18.6 Å². The number of anilines is 1. The van der Waals surface area contributed by atoms with Gasteiger partial charge in [0.15, 0.2) is 11.5 Å². The third-order valence-electron chi connectivity index (χ3n) is 4.28. The van der Waals surface area contributed by atoms with Crippen molar-refractivity contribution >= 4 is 35.3 Å². The van der Waals surface area contributed by atoms with E-state index in [-0.39, 0.29) is 23.6 Å². The largest absolute Gasteiger partial charge is 0.493 e. The van der Waals surface area contributed by atoms with Crippen molar-refractivity contribution in [3.8, 4) is 11.5 Å². The van der Waals surface area contributed by atoms with E-state index in [9.17, 15) is 24.5 Å². The van der Waals surface area contributed by atoms with E-state index in [0.717, 1.165) is 17.0 Å². The first-order valence-electron chi connectivity index (χ1n) is 8.93.